The molecule has 1 aromatic rings. The first-order valence-electron chi connectivity index (χ1n) is 2.72. The van der Waals surface area contributed by atoms with Crippen LogP contribution in [0.25, 0.3) is 0 Å². The summed E-state index contributed by atoms with van der Waals surface area (Å²) in [7, 11) is 0. The van der Waals surface area contributed by atoms with E-state index in [0.717, 1.165) is 0 Å². The van der Waals surface area contributed by atoms with Crippen molar-refractivity contribution in [3.63, 3.8) is 0 Å². The fourth-order valence-corrected chi connectivity index (χ4v) is 0.611. The average molecular weight is 155 g/mol. The van der Waals surface area contributed by atoms with Crippen LogP contribution < -0.4 is 10.7 Å². The molecule has 0 saturated heterocycles. The van der Waals surface area contributed by atoms with Crippen molar-refractivity contribution in [2.75, 3.05) is 0 Å². The third-order valence-electron chi connectivity index (χ3n) is 1.05. The molecule has 0 amide bonds. The Morgan fingerprint density at radius 2 is 2.45 bits per heavy atom. The molecule has 1 rings (SSSR count). The molecule has 0 radical (unpaired) electrons. The zero-order valence-corrected chi connectivity index (χ0v) is 5.43. The van der Waals surface area contributed by atoms with E-state index in [1.54, 1.807) is 0 Å². The molecule has 0 spiro atoms. The Labute approximate surface area is 61.7 Å². The first kappa shape index (κ1) is 7.42. The van der Waals surface area contributed by atoms with E-state index in [4.69, 9.17) is 5.90 Å². The summed E-state index contributed by atoms with van der Waals surface area (Å²) in [5.74, 6) is 4.32. The first-order chi connectivity index (χ1) is 5.25. The number of hydrogen-bond donors (Lipinski definition) is 1. The van der Waals surface area contributed by atoms with Crippen LogP contribution >= 0.6 is 0 Å². The highest BCUT2D eigenvalue weighted by molar-refractivity contribution is 5.37. The van der Waals surface area contributed by atoms with Gasteiger partial charge in [-0.25, -0.2) is 0 Å². The SMILES string of the molecule is NOc1cccnc1[N+](=O)[O-]. The van der Waals surface area contributed by atoms with Crippen LogP contribution in [0.1, 0.15) is 0 Å². The van der Waals surface area contributed by atoms with Gasteiger partial charge in [0.05, 0.1) is 0 Å². The fourth-order valence-electron chi connectivity index (χ4n) is 0.611. The number of rotatable bonds is 2. The molecule has 0 fully saturated rings. The normalized spacial score (nSPS) is 9.18. The Hall–Kier alpha value is -1.69. The molecule has 0 aromatic carbocycles. The van der Waals surface area contributed by atoms with Crippen molar-refractivity contribution in [1.82, 2.24) is 4.98 Å². The number of nitrogens with two attached hydrogens (primary N) is 1. The van der Waals surface area contributed by atoms with E-state index < -0.39 is 4.92 Å². The lowest BCUT2D eigenvalue weighted by atomic mass is 10.4. The second-order valence-electron chi connectivity index (χ2n) is 1.70. The molecular formula is C5H5N3O3. The zero-order valence-electron chi connectivity index (χ0n) is 5.43. The minimum absolute atomic E-state index is 0.0440. The van der Waals surface area contributed by atoms with Crippen molar-refractivity contribution in [2.24, 2.45) is 5.90 Å². The molecule has 0 atom stereocenters. The van der Waals surface area contributed by atoms with Gasteiger partial charge in [-0.1, -0.05) is 0 Å². The Bertz CT molecular complexity index is 275. The lowest BCUT2D eigenvalue weighted by Crippen LogP contribution is -2.05. The van der Waals surface area contributed by atoms with Crippen LogP contribution in [0, 0.1) is 10.1 Å². The van der Waals surface area contributed by atoms with E-state index in [-0.39, 0.29) is 11.6 Å². The molecule has 2 N–H and O–H groups in total. The Kier molecular flexibility index (Phi) is 1.98. The Morgan fingerprint density at radius 3 is 2.91 bits per heavy atom. The van der Waals surface area contributed by atoms with Gasteiger partial charge in [-0.15, -0.1) is 0 Å². The zero-order chi connectivity index (χ0) is 8.27. The molecular weight excluding hydrogens is 150 g/mol. The second kappa shape index (κ2) is 2.93. The van der Waals surface area contributed by atoms with Crippen LogP contribution in [-0.4, -0.2) is 9.91 Å². The molecule has 0 saturated carbocycles. The van der Waals surface area contributed by atoms with Gasteiger partial charge in [0.15, 0.2) is 0 Å². The van der Waals surface area contributed by atoms with Crippen molar-refractivity contribution in [3.05, 3.63) is 28.4 Å². The van der Waals surface area contributed by atoms with Crippen molar-refractivity contribution in [1.29, 1.82) is 0 Å². The predicted molar refractivity (Wildman–Crippen MR) is 35.7 cm³/mol. The summed E-state index contributed by atoms with van der Waals surface area (Å²) in [6.07, 6.45) is 1.29. The lowest BCUT2D eigenvalue weighted by Gasteiger charge is -1.96. The van der Waals surface area contributed by atoms with E-state index in [1.165, 1.54) is 18.3 Å². The highest BCUT2D eigenvalue weighted by Crippen LogP contribution is 2.20. The van der Waals surface area contributed by atoms with Crippen LogP contribution in [0.3, 0.4) is 0 Å². The minimum atomic E-state index is -0.664. The molecule has 58 valence electrons. The van der Waals surface area contributed by atoms with Gasteiger partial charge in [0.1, 0.15) is 6.20 Å². The van der Waals surface area contributed by atoms with Crippen molar-refractivity contribution in [3.8, 4) is 5.75 Å². The minimum Gasteiger partial charge on any atom is -0.402 e. The fraction of sp³-hybridized carbons (Fsp3) is 0. The monoisotopic (exact) mass is 155 g/mol. The molecule has 0 aliphatic rings. The summed E-state index contributed by atoms with van der Waals surface area (Å²) in [6.45, 7) is 0. The van der Waals surface area contributed by atoms with E-state index >= 15 is 0 Å². The van der Waals surface area contributed by atoms with Gasteiger partial charge in [0, 0.05) is 0 Å². The molecule has 0 aliphatic carbocycles. The third kappa shape index (κ3) is 1.41. The van der Waals surface area contributed by atoms with Crippen LogP contribution in [-0.2, 0) is 0 Å². The summed E-state index contributed by atoms with van der Waals surface area (Å²) in [6, 6.07) is 2.86. The maximum Gasteiger partial charge on any atom is 0.408 e. The van der Waals surface area contributed by atoms with E-state index in [9.17, 15) is 10.1 Å². The second-order valence-corrected chi connectivity index (χ2v) is 1.70. The molecule has 6 heteroatoms. The highest BCUT2D eigenvalue weighted by Gasteiger charge is 2.14. The predicted octanol–water partition coefficient (Wildman–Crippen LogP) is 0.242. The van der Waals surface area contributed by atoms with Crippen LogP contribution in [0.2, 0.25) is 0 Å². The highest BCUT2D eigenvalue weighted by atomic mass is 16.6. The van der Waals surface area contributed by atoms with Crippen LogP contribution in [0.4, 0.5) is 5.82 Å². The summed E-state index contributed by atoms with van der Waals surface area (Å²) < 4.78 is 0. The van der Waals surface area contributed by atoms with Gasteiger partial charge in [0.25, 0.3) is 0 Å². The Balaban J connectivity index is 3.12. The largest absolute Gasteiger partial charge is 0.408 e. The average Bonchev–Trinajstić information content (AvgIpc) is 2.04. The van der Waals surface area contributed by atoms with Gasteiger partial charge in [-0.2, -0.15) is 5.90 Å². The number of nitro groups is 1. The number of pyridine rings is 1. The third-order valence-corrected chi connectivity index (χ3v) is 1.05. The smallest absolute Gasteiger partial charge is 0.402 e. The molecule has 0 bridgehead atoms. The van der Waals surface area contributed by atoms with Gasteiger partial charge in [-0.05, 0) is 22.0 Å². The molecule has 11 heavy (non-hydrogen) atoms. The Morgan fingerprint density at radius 1 is 1.73 bits per heavy atom. The van der Waals surface area contributed by atoms with Gasteiger partial charge in [0.2, 0.25) is 5.75 Å². The number of nitrogens with zero attached hydrogens (tertiary/aromatic N) is 2. The lowest BCUT2D eigenvalue weighted by molar-refractivity contribution is -0.390. The maximum absolute atomic E-state index is 10.2. The van der Waals surface area contributed by atoms with E-state index in [2.05, 4.69) is 9.82 Å². The summed E-state index contributed by atoms with van der Waals surface area (Å²) in [5, 5.41) is 10.2. The summed E-state index contributed by atoms with van der Waals surface area (Å²) >= 11 is 0. The standard InChI is InChI=1S/C5H5N3O3/c6-11-4-2-1-3-7-5(4)8(9)10/h1-3H,6H2. The van der Waals surface area contributed by atoms with Crippen LogP contribution in [0.5, 0.6) is 5.75 Å². The summed E-state index contributed by atoms with van der Waals surface area (Å²) in [4.78, 5) is 17.2. The summed E-state index contributed by atoms with van der Waals surface area (Å²) in [5.41, 5.74) is 0. The molecule has 0 unspecified atom stereocenters. The van der Waals surface area contributed by atoms with E-state index in [1.807, 2.05) is 0 Å². The number of hydrogen-bond acceptors (Lipinski definition) is 5. The first-order valence-corrected chi connectivity index (χ1v) is 2.72. The van der Waals surface area contributed by atoms with Crippen molar-refractivity contribution < 1.29 is 9.76 Å². The van der Waals surface area contributed by atoms with E-state index in [0.29, 0.717) is 0 Å². The molecule has 0 aliphatic heterocycles. The molecule has 6 nitrogen and oxygen atoms in total. The van der Waals surface area contributed by atoms with Crippen molar-refractivity contribution >= 4 is 5.82 Å². The number of aromatic nitrogens is 1. The van der Waals surface area contributed by atoms with Gasteiger partial charge < -0.3 is 15.0 Å². The molecule has 1 heterocycles. The van der Waals surface area contributed by atoms with Crippen molar-refractivity contribution in [2.45, 2.75) is 0 Å². The topological polar surface area (TPSA) is 91.3 Å². The molecule has 1 aromatic heterocycles. The van der Waals surface area contributed by atoms with Gasteiger partial charge in [-0.3, -0.25) is 0 Å². The maximum atomic E-state index is 10.2. The quantitative estimate of drug-likeness (QED) is 0.488. The van der Waals surface area contributed by atoms with Gasteiger partial charge >= 0.3 is 5.82 Å². The van der Waals surface area contributed by atoms with Crippen LogP contribution in [0.15, 0.2) is 18.3 Å².